The molecule has 7 rings (SSSR count). The van der Waals surface area contributed by atoms with Gasteiger partial charge in [0.25, 0.3) is 0 Å². The van der Waals surface area contributed by atoms with Crippen LogP contribution in [-0.2, 0) is 20.1 Å². The van der Waals surface area contributed by atoms with Crippen LogP contribution in [0.1, 0.15) is 33.6 Å². The normalized spacial score (nSPS) is 13.0. The third-order valence-corrected chi connectivity index (χ3v) is 10.5. The molecule has 1 unspecified atom stereocenters. The second kappa shape index (κ2) is 14.7. The van der Waals surface area contributed by atoms with Crippen LogP contribution in [0.25, 0.3) is 55.6 Å². The summed E-state index contributed by atoms with van der Waals surface area (Å²) >= 11 is 0. The summed E-state index contributed by atoms with van der Waals surface area (Å²) in [6, 6.07) is 43.3. The smallest absolute Gasteiger partial charge is 0.121 e. The fourth-order valence-corrected chi connectivity index (χ4v) is 6.47. The summed E-state index contributed by atoms with van der Waals surface area (Å²) < 4.78 is 15.1. The number of rotatable bonds is 6. The average molecular weight is 810 g/mol. The summed E-state index contributed by atoms with van der Waals surface area (Å²) in [7, 11) is -1.23. The fourth-order valence-electron chi connectivity index (χ4n) is 5.44. The molecule has 3 aromatic heterocycles. The van der Waals surface area contributed by atoms with Crippen LogP contribution in [0.2, 0.25) is 19.6 Å². The quantitative estimate of drug-likeness (QED) is 0.124. The van der Waals surface area contributed by atoms with Gasteiger partial charge in [-0.15, -0.1) is 54.1 Å². The molecule has 0 bridgehead atoms. The van der Waals surface area contributed by atoms with Gasteiger partial charge in [-0.05, 0) is 51.6 Å². The monoisotopic (exact) mass is 810 g/mol. The predicted molar refractivity (Wildman–Crippen MR) is 196 cm³/mol. The Balaban J connectivity index is 0.000000224. The first-order valence-electron chi connectivity index (χ1n) is 16.4. The summed E-state index contributed by atoms with van der Waals surface area (Å²) in [5.41, 5.74) is 8.53. The maximum absolute atomic E-state index is 8.78. The molecule has 0 amide bonds. The minimum absolute atomic E-state index is 0. The van der Waals surface area contributed by atoms with Crippen molar-refractivity contribution in [2.45, 2.75) is 46.3 Å². The molecule has 0 saturated carbocycles. The van der Waals surface area contributed by atoms with Gasteiger partial charge in [-0.3, -0.25) is 0 Å². The van der Waals surface area contributed by atoms with E-state index in [9.17, 15) is 0 Å². The van der Waals surface area contributed by atoms with Gasteiger partial charge in [0.1, 0.15) is 5.58 Å². The summed E-state index contributed by atoms with van der Waals surface area (Å²) in [5.74, 6) is -0.505. The molecule has 0 aliphatic rings. The molecule has 3 nitrogen and oxygen atoms in total. The first kappa shape index (κ1) is 32.8. The summed E-state index contributed by atoms with van der Waals surface area (Å²) in [6.07, 6.45) is 3.80. The number of furan rings is 1. The van der Waals surface area contributed by atoms with Crippen molar-refractivity contribution in [1.82, 2.24) is 9.97 Å². The van der Waals surface area contributed by atoms with E-state index in [0.717, 1.165) is 61.1 Å². The zero-order valence-electron chi connectivity index (χ0n) is 28.8. The van der Waals surface area contributed by atoms with Gasteiger partial charge in [0.2, 0.25) is 0 Å². The number of hydrogen-bond acceptors (Lipinski definition) is 3. The van der Waals surface area contributed by atoms with Crippen LogP contribution in [0.4, 0.5) is 0 Å². The van der Waals surface area contributed by atoms with Crippen molar-refractivity contribution in [1.29, 1.82) is 0 Å². The molecule has 4 aromatic carbocycles. The second-order valence-corrected chi connectivity index (χ2v) is 18.1. The van der Waals surface area contributed by atoms with Crippen molar-refractivity contribution in [2.24, 2.45) is 5.92 Å². The van der Waals surface area contributed by atoms with E-state index in [1.165, 1.54) is 5.19 Å². The second-order valence-electron chi connectivity index (χ2n) is 13.0. The van der Waals surface area contributed by atoms with Crippen LogP contribution < -0.4 is 5.19 Å². The Morgan fingerprint density at radius 1 is 0.723 bits per heavy atom. The molecular formula is C42H40IrN2OSi-2. The van der Waals surface area contributed by atoms with Gasteiger partial charge in [0, 0.05) is 39.3 Å². The maximum Gasteiger partial charge on any atom is 0.121 e. The molecule has 5 heteroatoms. The molecule has 1 radical (unpaired) electrons. The van der Waals surface area contributed by atoms with Gasteiger partial charge in [0.15, 0.2) is 0 Å². The number of hydrogen-bond donors (Lipinski definition) is 0. The van der Waals surface area contributed by atoms with E-state index in [1.807, 2.05) is 79.9 Å². The molecule has 3 heterocycles. The third kappa shape index (κ3) is 7.71. The zero-order valence-corrected chi connectivity index (χ0v) is 31.2. The fraction of sp³-hybridized carbons (Fsp3) is 0.190. The van der Waals surface area contributed by atoms with E-state index in [4.69, 9.17) is 5.79 Å². The summed E-state index contributed by atoms with van der Waals surface area (Å²) in [6.45, 7) is 13.1. The number of benzene rings is 4. The van der Waals surface area contributed by atoms with Crippen LogP contribution in [0.5, 0.6) is 0 Å². The molecule has 1 atom stereocenters. The van der Waals surface area contributed by atoms with Crippen molar-refractivity contribution in [3.8, 4) is 33.6 Å². The van der Waals surface area contributed by atoms with Gasteiger partial charge in [-0.1, -0.05) is 118 Å². The van der Waals surface area contributed by atoms with E-state index in [1.54, 1.807) is 6.20 Å². The Morgan fingerprint density at radius 3 is 2.19 bits per heavy atom. The molecule has 0 spiro atoms. The molecule has 0 aliphatic heterocycles. The number of fused-ring (bicyclic) bond motifs is 3. The van der Waals surface area contributed by atoms with Crippen molar-refractivity contribution >= 4 is 35.2 Å². The van der Waals surface area contributed by atoms with Crippen LogP contribution in [0.15, 0.2) is 126 Å². The number of aromatic nitrogens is 2. The first-order chi connectivity index (χ1) is 22.5. The van der Waals surface area contributed by atoms with E-state index in [2.05, 4.69) is 98.1 Å². The number of pyridine rings is 2. The van der Waals surface area contributed by atoms with Crippen molar-refractivity contribution in [2.75, 3.05) is 0 Å². The van der Waals surface area contributed by atoms with Crippen LogP contribution in [-0.4, -0.2) is 18.0 Å². The molecule has 239 valence electrons. The van der Waals surface area contributed by atoms with Crippen LogP contribution in [0.3, 0.4) is 0 Å². The topological polar surface area (TPSA) is 38.9 Å². The minimum atomic E-state index is -1.23. The molecule has 0 fully saturated rings. The van der Waals surface area contributed by atoms with Gasteiger partial charge >= 0.3 is 0 Å². The Morgan fingerprint density at radius 2 is 1.51 bits per heavy atom. The Bertz CT molecular complexity index is 2120. The largest absolute Gasteiger partial charge is 0.501 e. The van der Waals surface area contributed by atoms with Crippen LogP contribution in [0, 0.1) is 18.1 Å². The van der Waals surface area contributed by atoms with Crippen molar-refractivity contribution in [3.05, 3.63) is 139 Å². The average Bonchev–Trinajstić information content (AvgIpc) is 3.47. The van der Waals surface area contributed by atoms with Crippen molar-refractivity contribution < 1.29 is 25.9 Å². The summed E-state index contributed by atoms with van der Waals surface area (Å²) in [4.78, 5) is 9.11. The number of nitrogens with zero attached hydrogens (tertiary/aromatic N) is 2. The van der Waals surface area contributed by atoms with Crippen molar-refractivity contribution in [3.63, 3.8) is 0 Å². The predicted octanol–water partition coefficient (Wildman–Crippen LogP) is 11.0. The Hall–Kier alpha value is -4.15. The molecule has 0 N–H and O–H groups in total. The van der Waals surface area contributed by atoms with E-state index >= 15 is 0 Å². The minimum Gasteiger partial charge on any atom is -0.501 e. The summed E-state index contributed by atoms with van der Waals surface area (Å²) in [5, 5.41) is 3.52. The molecule has 0 aliphatic carbocycles. The molecular weight excluding hydrogens is 769 g/mol. The van der Waals surface area contributed by atoms with E-state index in [-0.39, 0.29) is 26.0 Å². The first-order valence-corrected chi connectivity index (χ1v) is 19.4. The van der Waals surface area contributed by atoms with E-state index in [0.29, 0.717) is 0 Å². The molecule has 47 heavy (non-hydrogen) atoms. The SMILES string of the molecule is C[Si](C)(C)c1ccc(-c2[c-]cccc2)nc1.[2H]C(C)(c1ccnc(-c2[c-]ccc3c2oc2cc(-c4ccccc4)ccc23)c1)C(C)C.[Ir]. The van der Waals surface area contributed by atoms with Crippen LogP contribution >= 0.6 is 0 Å². The van der Waals surface area contributed by atoms with Gasteiger partial charge in [-0.25, -0.2) is 0 Å². The van der Waals surface area contributed by atoms with Gasteiger partial charge in [-0.2, -0.15) is 0 Å². The maximum atomic E-state index is 8.78. The van der Waals surface area contributed by atoms with E-state index < -0.39 is 14.0 Å². The Kier molecular flexibility index (Phi) is 10.3. The zero-order chi connectivity index (χ0) is 33.2. The third-order valence-electron chi connectivity index (χ3n) is 8.49. The van der Waals surface area contributed by atoms with Gasteiger partial charge < -0.3 is 14.4 Å². The Labute approximate surface area is 294 Å². The van der Waals surface area contributed by atoms with Gasteiger partial charge in [0.05, 0.1) is 13.7 Å². The molecule has 0 saturated heterocycles. The molecule has 7 aromatic rings. The standard InChI is InChI=1S/C28H24NO.C14H16NSi.Ir/c1-18(2)19(3)21-14-15-29-26(16-21)25-11-7-10-24-23-13-12-22(17-27(23)30-28(24)25)20-8-5-4-6-9-20;1-16(2,3)13-9-10-14(15-11-13)12-7-5-4-6-8-12;/h4-10,12-19H,1-3H3;4-7,9-11H,1-3H3;/q2*-1;/i19D;;.